The zero-order valence-electron chi connectivity index (χ0n) is 17.6. The van der Waals surface area contributed by atoms with Crippen LogP contribution in [0.15, 0.2) is 41.2 Å². The standard InChI is InChI=1S/C24H31N3O2/c1-25(2)20-5-3-18(4-6-20)22-7-8-23(28)27-15-17-13-19(24(22)27)16-26(14-17)21-9-11-29-12-10-21/h3-8,17,19,21H,9-16H2,1-2H3/p+1/t17-,19+/m0/s1. The first-order valence-electron chi connectivity index (χ1n) is 11.0. The van der Waals surface area contributed by atoms with Crippen LogP contribution in [0.4, 0.5) is 5.69 Å². The van der Waals surface area contributed by atoms with E-state index in [0.717, 1.165) is 32.3 Å². The third-order valence-electron chi connectivity index (χ3n) is 7.22. The van der Waals surface area contributed by atoms with Crippen LogP contribution in [0.25, 0.3) is 11.1 Å². The van der Waals surface area contributed by atoms with Crippen molar-refractivity contribution in [3.63, 3.8) is 0 Å². The number of pyridine rings is 1. The number of quaternary nitrogens is 1. The van der Waals surface area contributed by atoms with Crippen molar-refractivity contribution < 1.29 is 9.64 Å². The zero-order chi connectivity index (χ0) is 20.0. The number of fused-ring (bicyclic) bond motifs is 4. The highest BCUT2D eigenvalue weighted by Gasteiger charge is 2.41. The molecular weight excluding hydrogens is 362 g/mol. The van der Waals surface area contributed by atoms with Gasteiger partial charge in [0.1, 0.15) is 0 Å². The second-order valence-corrected chi connectivity index (χ2v) is 9.27. The lowest BCUT2D eigenvalue weighted by molar-refractivity contribution is -0.937. The summed E-state index contributed by atoms with van der Waals surface area (Å²) in [5.41, 5.74) is 5.10. The van der Waals surface area contributed by atoms with Gasteiger partial charge < -0.3 is 19.1 Å². The summed E-state index contributed by atoms with van der Waals surface area (Å²) in [7, 11) is 4.13. The molecular formula is C24H32N3O2+. The quantitative estimate of drug-likeness (QED) is 0.862. The summed E-state index contributed by atoms with van der Waals surface area (Å²) in [5.74, 6) is 1.08. The number of aromatic nitrogens is 1. The number of hydrogen-bond acceptors (Lipinski definition) is 3. The molecule has 29 heavy (non-hydrogen) atoms. The molecule has 5 rings (SSSR count). The van der Waals surface area contributed by atoms with Crippen molar-refractivity contribution in [3.05, 3.63) is 52.4 Å². The minimum atomic E-state index is 0.165. The Kier molecular flexibility index (Phi) is 4.96. The maximum atomic E-state index is 12.7. The first-order valence-corrected chi connectivity index (χ1v) is 11.0. The average Bonchev–Trinajstić information content (AvgIpc) is 2.75. The van der Waals surface area contributed by atoms with Crippen LogP contribution < -0.4 is 15.4 Å². The Morgan fingerprint density at radius 2 is 1.79 bits per heavy atom. The van der Waals surface area contributed by atoms with E-state index in [2.05, 4.69) is 53.9 Å². The molecule has 5 nitrogen and oxygen atoms in total. The molecule has 3 aliphatic rings. The largest absolute Gasteiger partial charge is 0.381 e. The smallest absolute Gasteiger partial charge is 0.250 e. The van der Waals surface area contributed by atoms with Crippen LogP contribution in [0.2, 0.25) is 0 Å². The number of nitrogens with zero attached hydrogens (tertiary/aromatic N) is 2. The molecule has 1 aromatic heterocycles. The van der Waals surface area contributed by atoms with E-state index in [0.29, 0.717) is 11.8 Å². The van der Waals surface area contributed by atoms with Gasteiger partial charge in [0, 0.05) is 68.3 Å². The van der Waals surface area contributed by atoms with Gasteiger partial charge in [0.15, 0.2) is 0 Å². The summed E-state index contributed by atoms with van der Waals surface area (Å²) in [6, 6.07) is 13.3. The molecule has 4 heterocycles. The predicted molar refractivity (Wildman–Crippen MR) is 116 cm³/mol. The number of hydrogen-bond donors (Lipinski definition) is 1. The summed E-state index contributed by atoms with van der Waals surface area (Å²) in [5, 5.41) is 0. The maximum Gasteiger partial charge on any atom is 0.250 e. The highest BCUT2D eigenvalue weighted by molar-refractivity contribution is 5.69. The highest BCUT2D eigenvalue weighted by atomic mass is 16.5. The van der Waals surface area contributed by atoms with Crippen LogP contribution in [0.5, 0.6) is 0 Å². The number of benzene rings is 1. The Morgan fingerprint density at radius 3 is 2.52 bits per heavy atom. The van der Waals surface area contributed by atoms with Crippen molar-refractivity contribution >= 4 is 5.69 Å². The van der Waals surface area contributed by atoms with Gasteiger partial charge in [-0.25, -0.2) is 0 Å². The number of anilines is 1. The van der Waals surface area contributed by atoms with Crippen molar-refractivity contribution in [1.29, 1.82) is 0 Å². The Morgan fingerprint density at radius 1 is 1.03 bits per heavy atom. The Bertz CT molecular complexity index is 928. The van der Waals surface area contributed by atoms with E-state index in [1.165, 1.54) is 48.3 Å². The molecule has 0 aliphatic carbocycles. The van der Waals surface area contributed by atoms with Gasteiger partial charge in [0.25, 0.3) is 5.56 Å². The lowest BCUT2D eigenvalue weighted by atomic mass is 9.79. The van der Waals surface area contributed by atoms with Gasteiger partial charge in [-0.15, -0.1) is 0 Å². The van der Waals surface area contributed by atoms with Crippen molar-refractivity contribution in [3.8, 4) is 11.1 Å². The molecule has 154 valence electrons. The average molecular weight is 395 g/mol. The first-order chi connectivity index (χ1) is 14.1. The molecule has 3 aliphatic heterocycles. The van der Waals surface area contributed by atoms with E-state index < -0.39 is 0 Å². The van der Waals surface area contributed by atoms with Gasteiger partial charge >= 0.3 is 0 Å². The topological polar surface area (TPSA) is 38.9 Å². The Labute approximate surface area is 172 Å². The molecule has 0 spiro atoms. The van der Waals surface area contributed by atoms with E-state index >= 15 is 0 Å². The minimum Gasteiger partial charge on any atom is -0.381 e. The van der Waals surface area contributed by atoms with Gasteiger partial charge in [-0.05, 0) is 30.2 Å². The summed E-state index contributed by atoms with van der Waals surface area (Å²) in [6.07, 6.45) is 3.57. The van der Waals surface area contributed by atoms with Crippen LogP contribution in [0.3, 0.4) is 0 Å². The molecule has 5 heteroatoms. The second-order valence-electron chi connectivity index (χ2n) is 9.27. The van der Waals surface area contributed by atoms with Crippen LogP contribution in [-0.4, -0.2) is 51.0 Å². The van der Waals surface area contributed by atoms with Crippen LogP contribution >= 0.6 is 0 Å². The van der Waals surface area contributed by atoms with Gasteiger partial charge in [-0.2, -0.15) is 0 Å². The molecule has 1 unspecified atom stereocenters. The fourth-order valence-corrected chi connectivity index (χ4v) is 5.79. The van der Waals surface area contributed by atoms with E-state index in [1.807, 2.05) is 0 Å². The SMILES string of the molecule is CN(C)c1ccc(-c2ccc(=O)n3c2[C@@H]2C[C@H](C3)C[NH+](C3CCOCC3)C2)cc1. The molecule has 0 saturated carbocycles. The Balaban J connectivity index is 1.51. The van der Waals surface area contributed by atoms with E-state index in [-0.39, 0.29) is 5.56 Å². The van der Waals surface area contributed by atoms with E-state index in [9.17, 15) is 4.79 Å². The van der Waals surface area contributed by atoms with Gasteiger partial charge in [0.2, 0.25) is 0 Å². The Hall–Kier alpha value is -2.11. The maximum absolute atomic E-state index is 12.7. The third-order valence-corrected chi connectivity index (χ3v) is 7.22. The number of rotatable bonds is 3. The minimum absolute atomic E-state index is 0.165. The van der Waals surface area contributed by atoms with Crippen molar-refractivity contribution in [2.45, 2.75) is 37.8 Å². The van der Waals surface area contributed by atoms with Crippen molar-refractivity contribution in [2.75, 3.05) is 45.3 Å². The van der Waals surface area contributed by atoms with Crippen molar-refractivity contribution in [1.82, 2.24) is 4.57 Å². The summed E-state index contributed by atoms with van der Waals surface area (Å²) < 4.78 is 7.69. The van der Waals surface area contributed by atoms with Crippen LogP contribution in [0.1, 0.15) is 30.9 Å². The number of nitrogens with one attached hydrogen (secondary N) is 1. The van der Waals surface area contributed by atoms with Gasteiger partial charge in [0.05, 0.1) is 32.3 Å². The van der Waals surface area contributed by atoms with Crippen LogP contribution in [0, 0.1) is 5.92 Å². The van der Waals surface area contributed by atoms with Gasteiger partial charge in [-0.3, -0.25) is 4.79 Å². The molecule has 2 saturated heterocycles. The molecule has 2 bridgehead atoms. The molecule has 1 aromatic carbocycles. The monoisotopic (exact) mass is 394 g/mol. The van der Waals surface area contributed by atoms with Crippen LogP contribution in [-0.2, 0) is 11.3 Å². The molecule has 2 aromatic rings. The lowest BCUT2D eigenvalue weighted by Crippen LogP contribution is -3.18. The normalized spacial score (nSPS) is 26.8. The zero-order valence-corrected chi connectivity index (χ0v) is 17.6. The lowest BCUT2D eigenvalue weighted by Gasteiger charge is -2.44. The number of piperidine rings is 1. The van der Waals surface area contributed by atoms with Gasteiger partial charge in [-0.1, -0.05) is 12.1 Å². The molecule has 0 amide bonds. The molecule has 1 N–H and O–H groups in total. The number of likely N-dealkylation sites (tertiary alicyclic amines) is 1. The fraction of sp³-hybridized carbons (Fsp3) is 0.542. The van der Waals surface area contributed by atoms with E-state index in [4.69, 9.17) is 4.74 Å². The highest BCUT2D eigenvalue weighted by Crippen LogP contribution is 2.37. The first kappa shape index (κ1) is 18.9. The molecule has 3 atom stereocenters. The summed E-state index contributed by atoms with van der Waals surface area (Å²) in [6.45, 7) is 5.04. The van der Waals surface area contributed by atoms with Crippen molar-refractivity contribution in [2.24, 2.45) is 5.92 Å². The second kappa shape index (κ2) is 7.62. The summed E-state index contributed by atoms with van der Waals surface area (Å²) in [4.78, 5) is 16.6. The summed E-state index contributed by atoms with van der Waals surface area (Å²) >= 11 is 0. The third kappa shape index (κ3) is 3.51. The predicted octanol–water partition coefficient (Wildman–Crippen LogP) is 1.76. The molecule has 0 radical (unpaired) electrons. The molecule has 2 fully saturated rings. The fourth-order valence-electron chi connectivity index (χ4n) is 5.79. The number of ether oxygens (including phenoxy) is 1. The van der Waals surface area contributed by atoms with E-state index in [1.54, 1.807) is 11.0 Å².